The van der Waals surface area contributed by atoms with Crippen molar-refractivity contribution in [2.45, 2.75) is 45.7 Å². The third-order valence-electron chi connectivity index (χ3n) is 4.30. The molecule has 0 spiro atoms. The maximum Gasteiger partial charge on any atom is 0.325 e. The Morgan fingerprint density at radius 1 is 1.36 bits per heavy atom. The number of hydrogen-bond donors (Lipinski definition) is 1. The molecule has 2 aromatic heterocycles. The van der Waals surface area contributed by atoms with Crippen molar-refractivity contribution in [1.82, 2.24) is 30.1 Å². The van der Waals surface area contributed by atoms with Crippen molar-refractivity contribution in [1.29, 1.82) is 0 Å². The largest absolute Gasteiger partial charge is 0.337 e. The minimum Gasteiger partial charge on any atom is -0.337 e. The molecule has 1 aliphatic rings. The zero-order valence-corrected chi connectivity index (χ0v) is 14.8. The molecule has 3 amide bonds. The van der Waals surface area contributed by atoms with Crippen LogP contribution in [0.25, 0.3) is 0 Å². The van der Waals surface area contributed by atoms with Gasteiger partial charge in [-0.1, -0.05) is 25.9 Å². The number of carbonyl (C=O) groups excluding carboxylic acids is 2. The third-order valence-corrected chi connectivity index (χ3v) is 4.30. The van der Waals surface area contributed by atoms with E-state index in [9.17, 15) is 9.59 Å². The van der Waals surface area contributed by atoms with Crippen molar-refractivity contribution in [3.63, 3.8) is 0 Å². The van der Waals surface area contributed by atoms with Crippen molar-refractivity contribution in [3.8, 4) is 0 Å². The molecule has 0 aliphatic carbocycles. The summed E-state index contributed by atoms with van der Waals surface area (Å²) < 4.78 is 6.79. The number of carbonyl (C=O) groups is 2. The van der Waals surface area contributed by atoms with Gasteiger partial charge in [-0.3, -0.25) is 14.4 Å². The number of hydrogen-bond acceptors (Lipinski definition) is 6. The van der Waals surface area contributed by atoms with Crippen LogP contribution in [0.5, 0.6) is 0 Å². The molecule has 1 atom stereocenters. The first-order valence-corrected chi connectivity index (χ1v) is 8.30. The molecule has 0 unspecified atom stereocenters. The van der Waals surface area contributed by atoms with E-state index < -0.39 is 11.6 Å². The Balaban J connectivity index is 1.82. The molecule has 2 aromatic rings. The van der Waals surface area contributed by atoms with Crippen LogP contribution in [0.1, 0.15) is 44.5 Å². The Kier molecular flexibility index (Phi) is 4.32. The van der Waals surface area contributed by atoms with Gasteiger partial charge in [-0.25, -0.2) is 4.79 Å². The predicted molar refractivity (Wildman–Crippen MR) is 87.1 cm³/mol. The van der Waals surface area contributed by atoms with E-state index in [1.165, 1.54) is 0 Å². The van der Waals surface area contributed by atoms with E-state index in [2.05, 4.69) is 34.4 Å². The lowest BCUT2D eigenvalue weighted by Gasteiger charge is -2.23. The zero-order chi connectivity index (χ0) is 18.2. The highest BCUT2D eigenvalue weighted by atomic mass is 16.5. The second kappa shape index (κ2) is 6.30. The van der Waals surface area contributed by atoms with Crippen LogP contribution >= 0.6 is 0 Å². The molecule has 9 heteroatoms. The topological polar surface area (TPSA) is 106 Å². The summed E-state index contributed by atoms with van der Waals surface area (Å²) >= 11 is 0. The van der Waals surface area contributed by atoms with Crippen LogP contribution in [0.3, 0.4) is 0 Å². The molecule has 0 bridgehead atoms. The summed E-state index contributed by atoms with van der Waals surface area (Å²) in [5.74, 6) is 0.875. The summed E-state index contributed by atoms with van der Waals surface area (Å²) in [6.07, 6.45) is 4.43. The van der Waals surface area contributed by atoms with Crippen molar-refractivity contribution in [2.24, 2.45) is 13.0 Å². The normalized spacial score (nSPS) is 20.6. The van der Waals surface area contributed by atoms with Crippen LogP contribution in [0.4, 0.5) is 4.79 Å². The molecule has 0 aromatic carbocycles. The van der Waals surface area contributed by atoms with Crippen LogP contribution < -0.4 is 5.32 Å². The lowest BCUT2D eigenvalue weighted by molar-refractivity contribution is -0.132. The van der Waals surface area contributed by atoms with Gasteiger partial charge >= 0.3 is 6.03 Å². The van der Waals surface area contributed by atoms with Gasteiger partial charge in [0, 0.05) is 25.2 Å². The molecular formula is C16H22N6O3. The van der Waals surface area contributed by atoms with Crippen LogP contribution in [-0.2, 0) is 30.3 Å². The SMILES string of the molecule is CC[C@]1(c2cnn(C)c2)NC(=O)N(Cc2nc(CC(C)C)no2)C1=O. The summed E-state index contributed by atoms with van der Waals surface area (Å²) in [5, 5.41) is 10.8. The van der Waals surface area contributed by atoms with Gasteiger partial charge in [-0.05, 0) is 12.3 Å². The van der Waals surface area contributed by atoms with E-state index in [0.717, 1.165) is 4.90 Å². The molecule has 0 radical (unpaired) electrons. The van der Waals surface area contributed by atoms with E-state index in [4.69, 9.17) is 4.52 Å². The molecule has 134 valence electrons. The first-order valence-electron chi connectivity index (χ1n) is 8.30. The Morgan fingerprint density at radius 2 is 2.12 bits per heavy atom. The molecular weight excluding hydrogens is 324 g/mol. The van der Waals surface area contributed by atoms with E-state index in [1.54, 1.807) is 24.1 Å². The Hall–Kier alpha value is -2.71. The first-order chi connectivity index (χ1) is 11.9. The fourth-order valence-corrected chi connectivity index (χ4v) is 2.99. The number of rotatable bonds is 6. The molecule has 3 rings (SSSR count). The highest BCUT2D eigenvalue weighted by Gasteiger charge is 2.52. The molecule has 1 fully saturated rings. The smallest absolute Gasteiger partial charge is 0.325 e. The van der Waals surface area contributed by atoms with Gasteiger partial charge in [0.2, 0.25) is 5.89 Å². The van der Waals surface area contributed by atoms with Crippen molar-refractivity contribution < 1.29 is 14.1 Å². The van der Waals surface area contributed by atoms with Gasteiger partial charge < -0.3 is 9.84 Å². The summed E-state index contributed by atoms with van der Waals surface area (Å²) in [7, 11) is 1.76. The highest BCUT2D eigenvalue weighted by Crippen LogP contribution is 2.32. The molecule has 25 heavy (non-hydrogen) atoms. The maximum absolute atomic E-state index is 13.0. The van der Waals surface area contributed by atoms with Gasteiger partial charge in [0.1, 0.15) is 12.1 Å². The van der Waals surface area contributed by atoms with Gasteiger partial charge in [-0.15, -0.1) is 0 Å². The van der Waals surface area contributed by atoms with E-state index in [-0.39, 0.29) is 18.3 Å². The van der Waals surface area contributed by atoms with Crippen LogP contribution in [0, 0.1) is 5.92 Å². The van der Waals surface area contributed by atoms with Crippen LogP contribution in [0.15, 0.2) is 16.9 Å². The van der Waals surface area contributed by atoms with Gasteiger partial charge in [-0.2, -0.15) is 10.1 Å². The minimum absolute atomic E-state index is 0.0439. The number of aromatic nitrogens is 4. The van der Waals surface area contributed by atoms with Gasteiger partial charge in [0.05, 0.1) is 6.20 Å². The average Bonchev–Trinajstić information content (AvgIpc) is 3.23. The Bertz CT molecular complexity index is 795. The minimum atomic E-state index is -1.11. The Morgan fingerprint density at radius 3 is 2.72 bits per heavy atom. The monoisotopic (exact) mass is 346 g/mol. The second-order valence-electron chi connectivity index (χ2n) is 6.69. The fraction of sp³-hybridized carbons (Fsp3) is 0.562. The van der Waals surface area contributed by atoms with Crippen molar-refractivity contribution >= 4 is 11.9 Å². The van der Waals surface area contributed by atoms with E-state index >= 15 is 0 Å². The van der Waals surface area contributed by atoms with E-state index in [0.29, 0.717) is 30.1 Å². The molecule has 9 nitrogen and oxygen atoms in total. The van der Waals surface area contributed by atoms with Gasteiger partial charge in [0.25, 0.3) is 5.91 Å². The number of amides is 3. The average molecular weight is 346 g/mol. The summed E-state index contributed by atoms with van der Waals surface area (Å²) in [6, 6.07) is -0.473. The van der Waals surface area contributed by atoms with Crippen LogP contribution in [-0.4, -0.2) is 36.8 Å². The van der Waals surface area contributed by atoms with Gasteiger partial charge in [0.15, 0.2) is 5.82 Å². The summed E-state index contributed by atoms with van der Waals surface area (Å²) in [5.41, 5.74) is -0.448. The molecule has 0 saturated carbocycles. The molecule has 1 aliphatic heterocycles. The molecule has 3 heterocycles. The third kappa shape index (κ3) is 3.01. The molecule has 1 saturated heterocycles. The van der Waals surface area contributed by atoms with Crippen LogP contribution in [0.2, 0.25) is 0 Å². The first kappa shape index (κ1) is 17.1. The second-order valence-corrected chi connectivity index (χ2v) is 6.69. The molecule has 1 N–H and O–H groups in total. The highest BCUT2D eigenvalue weighted by molar-refractivity contribution is 6.07. The predicted octanol–water partition coefficient (Wildman–Crippen LogP) is 1.36. The standard InChI is InChI=1S/C16H22N6O3/c1-5-16(11-7-17-21(4)8-11)14(23)22(15(24)19-16)9-13-18-12(20-25-13)6-10(2)3/h7-8,10H,5-6,9H2,1-4H3,(H,19,24)/t16-/m1/s1. The number of imide groups is 1. The number of urea groups is 1. The number of aryl methyl sites for hydroxylation is 1. The lowest BCUT2D eigenvalue weighted by atomic mass is 9.89. The lowest BCUT2D eigenvalue weighted by Crippen LogP contribution is -2.43. The summed E-state index contributed by atoms with van der Waals surface area (Å²) in [4.78, 5) is 30.8. The zero-order valence-electron chi connectivity index (χ0n) is 14.8. The quantitative estimate of drug-likeness (QED) is 0.792. The fourth-order valence-electron chi connectivity index (χ4n) is 2.99. The van der Waals surface area contributed by atoms with Crippen molar-refractivity contribution in [2.75, 3.05) is 0 Å². The number of nitrogens with zero attached hydrogens (tertiary/aromatic N) is 5. The number of nitrogens with one attached hydrogen (secondary N) is 1. The summed E-state index contributed by atoms with van der Waals surface area (Å²) in [6.45, 7) is 5.91. The Labute approximate surface area is 145 Å². The van der Waals surface area contributed by atoms with E-state index in [1.807, 2.05) is 6.92 Å². The maximum atomic E-state index is 13.0. The van der Waals surface area contributed by atoms with Crippen molar-refractivity contribution in [3.05, 3.63) is 29.7 Å².